The minimum Gasteiger partial charge on any atom is -0.372 e. The summed E-state index contributed by atoms with van der Waals surface area (Å²) >= 11 is 0. The van der Waals surface area contributed by atoms with Gasteiger partial charge < -0.3 is 15.8 Å². The Kier molecular flexibility index (Phi) is 4.35. The van der Waals surface area contributed by atoms with Crippen LogP contribution in [0.5, 0.6) is 0 Å². The van der Waals surface area contributed by atoms with E-state index in [0.29, 0.717) is 13.2 Å². The van der Waals surface area contributed by atoms with Gasteiger partial charge in [-0.2, -0.15) is 0 Å². The highest BCUT2D eigenvalue weighted by molar-refractivity contribution is 5.78. The summed E-state index contributed by atoms with van der Waals surface area (Å²) in [6.07, 6.45) is 4.11. The van der Waals surface area contributed by atoms with Crippen LogP contribution in [0.25, 0.3) is 0 Å². The fourth-order valence-corrected chi connectivity index (χ4v) is 1.62. The summed E-state index contributed by atoms with van der Waals surface area (Å²) in [5.74, 6) is -0.0383. The maximum absolute atomic E-state index is 11.4. The van der Waals surface area contributed by atoms with E-state index in [-0.39, 0.29) is 18.1 Å². The number of carbonyl (C=O) groups is 1. The van der Waals surface area contributed by atoms with Gasteiger partial charge in [0.25, 0.3) is 0 Å². The number of nitrogens with one attached hydrogen (secondary N) is 1. The fourth-order valence-electron chi connectivity index (χ4n) is 1.62. The van der Waals surface area contributed by atoms with Crippen LogP contribution in [0, 0.1) is 0 Å². The molecular formula is C10H20N2O2. The number of rotatable bonds is 6. The number of carbonyl (C=O) groups excluding carboxylic acids is 1. The van der Waals surface area contributed by atoms with E-state index >= 15 is 0 Å². The standard InChI is InChI=1S/C10H20N2O2/c1-2-6-14-7-9(13)12-10(8-11)4-3-5-10/h2-8,11H2,1H3,(H,12,13). The van der Waals surface area contributed by atoms with E-state index in [4.69, 9.17) is 10.5 Å². The maximum Gasteiger partial charge on any atom is 0.246 e. The minimum absolute atomic E-state index is 0.0383. The third-order valence-electron chi connectivity index (χ3n) is 2.69. The number of amides is 1. The largest absolute Gasteiger partial charge is 0.372 e. The van der Waals surface area contributed by atoms with Crippen molar-refractivity contribution in [3.63, 3.8) is 0 Å². The van der Waals surface area contributed by atoms with Gasteiger partial charge in [0.15, 0.2) is 0 Å². The molecule has 0 unspecified atom stereocenters. The van der Waals surface area contributed by atoms with Gasteiger partial charge in [0.05, 0.1) is 5.54 Å². The van der Waals surface area contributed by atoms with Crippen LogP contribution in [-0.4, -0.2) is 31.2 Å². The van der Waals surface area contributed by atoms with Crippen molar-refractivity contribution in [1.29, 1.82) is 0 Å². The van der Waals surface area contributed by atoms with Crippen molar-refractivity contribution >= 4 is 5.91 Å². The summed E-state index contributed by atoms with van der Waals surface area (Å²) in [6, 6.07) is 0. The highest BCUT2D eigenvalue weighted by atomic mass is 16.5. The molecule has 0 aromatic carbocycles. The first-order chi connectivity index (χ1) is 6.72. The molecule has 14 heavy (non-hydrogen) atoms. The lowest BCUT2D eigenvalue weighted by Crippen LogP contribution is -2.58. The van der Waals surface area contributed by atoms with E-state index in [1.165, 1.54) is 0 Å². The van der Waals surface area contributed by atoms with E-state index in [2.05, 4.69) is 5.32 Å². The second-order valence-electron chi connectivity index (χ2n) is 3.94. The second-order valence-corrected chi connectivity index (χ2v) is 3.94. The van der Waals surface area contributed by atoms with Crippen LogP contribution in [-0.2, 0) is 9.53 Å². The lowest BCUT2D eigenvalue weighted by Gasteiger charge is -2.41. The average molecular weight is 200 g/mol. The number of hydrogen-bond acceptors (Lipinski definition) is 3. The van der Waals surface area contributed by atoms with Crippen molar-refractivity contribution in [2.24, 2.45) is 5.73 Å². The van der Waals surface area contributed by atoms with Crippen LogP contribution in [0.4, 0.5) is 0 Å². The molecule has 4 heteroatoms. The molecule has 0 saturated heterocycles. The van der Waals surface area contributed by atoms with E-state index in [1.54, 1.807) is 0 Å². The smallest absolute Gasteiger partial charge is 0.246 e. The zero-order valence-corrected chi connectivity index (χ0v) is 8.84. The molecule has 0 spiro atoms. The Labute approximate surface area is 85.2 Å². The quantitative estimate of drug-likeness (QED) is 0.610. The molecule has 1 rings (SSSR count). The summed E-state index contributed by atoms with van der Waals surface area (Å²) in [6.45, 7) is 3.36. The first-order valence-corrected chi connectivity index (χ1v) is 5.31. The van der Waals surface area contributed by atoms with Gasteiger partial charge in [0, 0.05) is 13.2 Å². The Hall–Kier alpha value is -0.610. The van der Waals surface area contributed by atoms with Crippen molar-refractivity contribution < 1.29 is 9.53 Å². The monoisotopic (exact) mass is 200 g/mol. The predicted octanol–water partition coefficient (Wildman–Crippen LogP) is 0.411. The van der Waals surface area contributed by atoms with Crippen LogP contribution < -0.4 is 11.1 Å². The fraction of sp³-hybridized carbons (Fsp3) is 0.900. The molecule has 4 nitrogen and oxygen atoms in total. The molecule has 3 N–H and O–H groups in total. The molecule has 1 aliphatic carbocycles. The van der Waals surface area contributed by atoms with Crippen LogP contribution >= 0.6 is 0 Å². The van der Waals surface area contributed by atoms with Gasteiger partial charge in [-0.3, -0.25) is 4.79 Å². The van der Waals surface area contributed by atoms with Gasteiger partial charge in [0.1, 0.15) is 6.61 Å². The van der Waals surface area contributed by atoms with E-state index in [9.17, 15) is 4.79 Å². The van der Waals surface area contributed by atoms with Crippen LogP contribution in [0.3, 0.4) is 0 Å². The summed E-state index contributed by atoms with van der Waals surface area (Å²) < 4.78 is 5.15. The minimum atomic E-state index is -0.118. The van der Waals surface area contributed by atoms with Gasteiger partial charge in [-0.1, -0.05) is 6.92 Å². The van der Waals surface area contributed by atoms with Gasteiger partial charge in [0.2, 0.25) is 5.91 Å². The first kappa shape index (κ1) is 11.5. The van der Waals surface area contributed by atoms with Crippen molar-refractivity contribution in [1.82, 2.24) is 5.32 Å². The molecule has 0 aromatic heterocycles. The average Bonchev–Trinajstić information content (AvgIpc) is 2.12. The highest BCUT2D eigenvalue weighted by Gasteiger charge is 2.36. The van der Waals surface area contributed by atoms with Crippen molar-refractivity contribution in [3.05, 3.63) is 0 Å². The van der Waals surface area contributed by atoms with E-state index < -0.39 is 0 Å². The molecule has 0 aromatic rings. The number of nitrogens with two attached hydrogens (primary N) is 1. The third-order valence-corrected chi connectivity index (χ3v) is 2.69. The Morgan fingerprint density at radius 3 is 2.71 bits per heavy atom. The first-order valence-electron chi connectivity index (χ1n) is 5.31. The normalized spacial score (nSPS) is 18.7. The van der Waals surface area contributed by atoms with Crippen LogP contribution in [0.15, 0.2) is 0 Å². The second kappa shape index (κ2) is 5.32. The molecule has 1 aliphatic rings. The van der Waals surface area contributed by atoms with Crippen LogP contribution in [0.1, 0.15) is 32.6 Å². The third kappa shape index (κ3) is 2.96. The zero-order chi connectivity index (χ0) is 10.4. The van der Waals surface area contributed by atoms with Gasteiger partial charge in [-0.05, 0) is 25.7 Å². The predicted molar refractivity (Wildman–Crippen MR) is 54.9 cm³/mol. The zero-order valence-electron chi connectivity index (χ0n) is 8.84. The molecule has 1 fully saturated rings. The maximum atomic E-state index is 11.4. The molecule has 1 amide bonds. The van der Waals surface area contributed by atoms with Gasteiger partial charge >= 0.3 is 0 Å². The Balaban J connectivity index is 2.18. The SMILES string of the molecule is CCCOCC(=O)NC1(CN)CCC1. The van der Waals surface area contributed by atoms with E-state index in [1.807, 2.05) is 6.92 Å². The molecule has 1 saturated carbocycles. The number of ether oxygens (including phenoxy) is 1. The highest BCUT2D eigenvalue weighted by Crippen LogP contribution is 2.30. The molecule has 0 bridgehead atoms. The molecule has 0 aliphatic heterocycles. The van der Waals surface area contributed by atoms with Crippen molar-refractivity contribution in [2.45, 2.75) is 38.1 Å². The molecule has 0 radical (unpaired) electrons. The summed E-state index contributed by atoms with van der Waals surface area (Å²) in [5, 5.41) is 2.95. The summed E-state index contributed by atoms with van der Waals surface area (Å²) in [7, 11) is 0. The molecular weight excluding hydrogens is 180 g/mol. The Bertz CT molecular complexity index is 185. The topological polar surface area (TPSA) is 64.3 Å². The van der Waals surface area contributed by atoms with Gasteiger partial charge in [-0.15, -0.1) is 0 Å². The van der Waals surface area contributed by atoms with Crippen LogP contribution in [0.2, 0.25) is 0 Å². The molecule has 0 atom stereocenters. The lowest BCUT2D eigenvalue weighted by atomic mass is 9.77. The van der Waals surface area contributed by atoms with Gasteiger partial charge in [-0.25, -0.2) is 0 Å². The summed E-state index contributed by atoms with van der Waals surface area (Å²) in [5.41, 5.74) is 5.50. The number of hydrogen-bond donors (Lipinski definition) is 2. The van der Waals surface area contributed by atoms with Crippen molar-refractivity contribution in [2.75, 3.05) is 19.8 Å². The summed E-state index contributed by atoms with van der Waals surface area (Å²) in [4.78, 5) is 11.4. The lowest BCUT2D eigenvalue weighted by molar-refractivity contribution is -0.128. The Morgan fingerprint density at radius 1 is 1.57 bits per heavy atom. The molecule has 0 heterocycles. The van der Waals surface area contributed by atoms with Crippen molar-refractivity contribution in [3.8, 4) is 0 Å². The van der Waals surface area contributed by atoms with E-state index in [0.717, 1.165) is 25.7 Å². The molecule has 82 valence electrons. The Morgan fingerprint density at radius 2 is 2.29 bits per heavy atom.